The first-order valence-corrected chi connectivity index (χ1v) is 10.3. The summed E-state index contributed by atoms with van der Waals surface area (Å²) in [5.41, 5.74) is 0.450. The Morgan fingerprint density at radius 2 is 1.83 bits per heavy atom. The molecule has 2 aromatic rings. The average molecular weight is 431 g/mol. The van der Waals surface area contributed by atoms with Crippen molar-refractivity contribution >= 4 is 29.1 Å². The Labute approximate surface area is 179 Å². The van der Waals surface area contributed by atoms with Gasteiger partial charge in [0.05, 0.1) is 25.1 Å². The molecule has 8 heteroatoms. The monoisotopic (exact) mass is 430 g/mol. The smallest absolute Gasteiger partial charge is 0.295 e. The highest BCUT2D eigenvalue weighted by Crippen LogP contribution is 2.39. The SMILES string of the molecule is O=C1C(=O)N(CCCN2CCOCC2)C(c2ccco2)/C1=C(\O)c1ccc(Cl)cc1. The van der Waals surface area contributed by atoms with Gasteiger partial charge in [0.25, 0.3) is 11.7 Å². The van der Waals surface area contributed by atoms with Gasteiger partial charge in [0, 0.05) is 36.8 Å². The maximum Gasteiger partial charge on any atom is 0.295 e. The number of aliphatic hydroxyl groups is 1. The maximum atomic E-state index is 12.9. The van der Waals surface area contributed by atoms with Crippen molar-refractivity contribution in [1.82, 2.24) is 9.80 Å². The molecular formula is C22H23ClN2O5. The quantitative estimate of drug-likeness (QED) is 0.431. The fraction of sp³-hybridized carbons (Fsp3) is 0.364. The molecule has 158 valence electrons. The molecule has 30 heavy (non-hydrogen) atoms. The summed E-state index contributed by atoms with van der Waals surface area (Å²) in [5.74, 6) is -1.14. The largest absolute Gasteiger partial charge is 0.507 e. The van der Waals surface area contributed by atoms with Crippen LogP contribution in [0, 0.1) is 0 Å². The van der Waals surface area contributed by atoms with Crippen molar-refractivity contribution in [3.05, 3.63) is 64.6 Å². The third-order valence-corrected chi connectivity index (χ3v) is 5.70. The van der Waals surface area contributed by atoms with Gasteiger partial charge in [0.15, 0.2) is 0 Å². The molecule has 0 aliphatic carbocycles. The number of likely N-dealkylation sites (tertiary alicyclic amines) is 1. The number of nitrogens with zero attached hydrogens (tertiary/aromatic N) is 2. The van der Waals surface area contributed by atoms with Crippen LogP contribution in [0.25, 0.3) is 5.76 Å². The summed E-state index contributed by atoms with van der Waals surface area (Å²) in [6.07, 6.45) is 2.19. The molecule has 3 heterocycles. The lowest BCUT2D eigenvalue weighted by Gasteiger charge is -2.28. The number of aliphatic hydroxyl groups excluding tert-OH is 1. The number of benzene rings is 1. The van der Waals surface area contributed by atoms with Crippen molar-refractivity contribution in [3.8, 4) is 0 Å². The van der Waals surface area contributed by atoms with Crippen LogP contribution in [0.1, 0.15) is 23.8 Å². The molecule has 1 aromatic carbocycles. The Bertz CT molecular complexity index is 933. The first kappa shape index (κ1) is 20.7. The molecule has 7 nitrogen and oxygen atoms in total. The zero-order valence-corrected chi connectivity index (χ0v) is 17.2. The van der Waals surface area contributed by atoms with Crippen molar-refractivity contribution in [2.24, 2.45) is 0 Å². The number of rotatable bonds is 6. The molecule has 0 saturated carbocycles. The molecule has 1 aromatic heterocycles. The summed E-state index contributed by atoms with van der Waals surface area (Å²) in [6, 6.07) is 9.12. The summed E-state index contributed by atoms with van der Waals surface area (Å²) in [7, 11) is 0. The molecule has 1 amide bonds. The lowest BCUT2D eigenvalue weighted by atomic mass is 9.99. The standard InChI is InChI=1S/C22H23ClN2O5/c23-16-6-4-15(5-7-16)20(26)18-19(17-3-1-12-30-17)25(22(28)21(18)27)9-2-8-24-10-13-29-14-11-24/h1,3-7,12,19,26H,2,8-11,13-14H2/b20-18+. The highest BCUT2D eigenvalue weighted by Gasteiger charge is 2.47. The van der Waals surface area contributed by atoms with Crippen molar-refractivity contribution < 1.29 is 23.8 Å². The predicted molar refractivity (Wildman–Crippen MR) is 111 cm³/mol. The molecule has 0 bridgehead atoms. The van der Waals surface area contributed by atoms with Crippen molar-refractivity contribution in [2.45, 2.75) is 12.5 Å². The summed E-state index contributed by atoms with van der Waals surface area (Å²) in [6.45, 7) is 4.31. The number of ether oxygens (including phenoxy) is 1. The number of halogens is 1. The predicted octanol–water partition coefficient (Wildman–Crippen LogP) is 3.08. The Morgan fingerprint density at radius 3 is 2.50 bits per heavy atom. The minimum Gasteiger partial charge on any atom is -0.507 e. The molecule has 2 fully saturated rings. The first-order chi connectivity index (χ1) is 14.6. The third-order valence-electron chi connectivity index (χ3n) is 5.45. The third kappa shape index (κ3) is 4.14. The highest BCUT2D eigenvalue weighted by molar-refractivity contribution is 6.46. The number of morpholine rings is 1. The second-order valence-corrected chi connectivity index (χ2v) is 7.76. The molecular weight excluding hydrogens is 408 g/mol. The van der Waals surface area contributed by atoms with Gasteiger partial charge in [0.1, 0.15) is 17.6 Å². The maximum absolute atomic E-state index is 12.9. The lowest BCUT2D eigenvalue weighted by molar-refractivity contribution is -0.140. The van der Waals surface area contributed by atoms with E-state index in [0.29, 0.717) is 42.5 Å². The number of hydrogen-bond acceptors (Lipinski definition) is 6. The first-order valence-electron chi connectivity index (χ1n) is 9.94. The van der Waals surface area contributed by atoms with Gasteiger partial charge in [-0.25, -0.2) is 0 Å². The summed E-state index contributed by atoms with van der Waals surface area (Å²) in [5, 5.41) is 11.4. The van der Waals surface area contributed by atoms with Crippen molar-refractivity contribution in [3.63, 3.8) is 0 Å². The zero-order chi connectivity index (χ0) is 21.1. The molecule has 1 atom stereocenters. The van der Waals surface area contributed by atoms with Crippen molar-refractivity contribution in [1.29, 1.82) is 0 Å². The van der Waals surface area contributed by atoms with Crippen LogP contribution in [0.3, 0.4) is 0 Å². The normalized spacial score (nSPS) is 22.0. The van der Waals surface area contributed by atoms with E-state index in [9.17, 15) is 14.7 Å². The number of ketones is 1. The number of furan rings is 1. The summed E-state index contributed by atoms with van der Waals surface area (Å²) in [4.78, 5) is 29.5. The second-order valence-electron chi connectivity index (χ2n) is 7.32. The van der Waals surface area contributed by atoms with Gasteiger partial charge >= 0.3 is 0 Å². The minimum absolute atomic E-state index is 0.0312. The summed E-state index contributed by atoms with van der Waals surface area (Å²) < 4.78 is 10.9. The number of carbonyl (C=O) groups is 2. The topological polar surface area (TPSA) is 83.2 Å². The van der Waals surface area contributed by atoms with E-state index in [1.807, 2.05) is 0 Å². The molecule has 1 unspecified atom stereocenters. The van der Waals surface area contributed by atoms with E-state index in [2.05, 4.69) is 4.90 Å². The molecule has 2 aliphatic rings. The zero-order valence-electron chi connectivity index (χ0n) is 16.4. The van der Waals surface area contributed by atoms with Crippen LogP contribution in [0.4, 0.5) is 0 Å². The van der Waals surface area contributed by atoms with Crippen LogP contribution in [0.2, 0.25) is 5.02 Å². The van der Waals surface area contributed by atoms with Crippen LogP contribution in [-0.2, 0) is 14.3 Å². The van der Waals surface area contributed by atoms with E-state index in [4.69, 9.17) is 20.8 Å². The average Bonchev–Trinajstić information content (AvgIpc) is 3.37. The van der Waals surface area contributed by atoms with Crippen LogP contribution in [0.15, 0.2) is 52.7 Å². The van der Waals surface area contributed by atoms with Gasteiger partial charge < -0.3 is 19.2 Å². The number of Topliss-reactive ketones (excluding diaryl/α,β-unsaturated/α-hetero) is 1. The Hall–Kier alpha value is -2.61. The number of amides is 1. The molecule has 1 N–H and O–H groups in total. The summed E-state index contributed by atoms with van der Waals surface area (Å²) >= 11 is 5.93. The van der Waals surface area contributed by atoms with Crippen LogP contribution in [-0.4, -0.2) is 66.0 Å². The van der Waals surface area contributed by atoms with E-state index >= 15 is 0 Å². The molecule has 4 rings (SSSR count). The van der Waals surface area contributed by atoms with Gasteiger partial charge in [-0.2, -0.15) is 0 Å². The molecule has 2 saturated heterocycles. The van der Waals surface area contributed by atoms with Crippen LogP contribution < -0.4 is 0 Å². The van der Waals surface area contributed by atoms with Crippen LogP contribution >= 0.6 is 11.6 Å². The molecule has 0 spiro atoms. The fourth-order valence-corrected chi connectivity index (χ4v) is 4.03. The fourth-order valence-electron chi connectivity index (χ4n) is 3.91. The van der Waals surface area contributed by atoms with E-state index in [-0.39, 0.29) is 11.3 Å². The van der Waals surface area contributed by atoms with Crippen molar-refractivity contribution in [2.75, 3.05) is 39.4 Å². The number of carbonyl (C=O) groups excluding carboxylic acids is 2. The van der Waals surface area contributed by atoms with E-state index in [1.54, 1.807) is 36.4 Å². The van der Waals surface area contributed by atoms with E-state index < -0.39 is 17.7 Å². The van der Waals surface area contributed by atoms with Gasteiger partial charge in [-0.1, -0.05) is 11.6 Å². The van der Waals surface area contributed by atoms with Gasteiger partial charge in [-0.15, -0.1) is 0 Å². The van der Waals surface area contributed by atoms with E-state index in [0.717, 1.165) is 19.6 Å². The number of hydrogen-bond donors (Lipinski definition) is 1. The second kappa shape index (κ2) is 9.04. The van der Waals surface area contributed by atoms with Gasteiger partial charge in [-0.05, 0) is 42.8 Å². The minimum atomic E-state index is -0.764. The molecule has 2 aliphatic heterocycles. The van der Waals surface area contributed by atoms with Gasteiger partial charge in [0.2, 0.25) is 0 Å². The Kier molecular flexibility index (Phi) is 6.22. The van der Waals surface area contributed by atoms with Crippen LogP contribution in [0.5, 0.6) is 0 Å². The lowest BCUT2D eigenvalue weighted by Crippen LogP contribution is -2.38. The van der Waals surface area contributed by atoms with E-state index in [1.165, 1.54) is 11.2 Å². The highest BCUT2D eigenvalue weighted by atomic mass is 35.5. The van der Waals surface area contributed by atoms with Gasteiger partial charge in [-0.3, -0.25) is 14.5 Å². The Balaban J connectivity index is 1.61. The Morgan fingerprint density at radius 1 is 1.10 bits per heavy atom. The molecule has 0 radical (unpaired) electrons.